The Morgan fingerprint density at radius 3 is 2.25 bits per heavy atom. The van der Waals surface area contributed by atoms with E-state index in [4.69, 9.17) is 10.8 Å². The summed E-state index contributed by atoms with van der Waals surface area (Å²) in [6, 6.07) is -0.816. The van der Waals surface area contributed by atoms with E-state index in [-0.39, 0.29) is 24.3 Å². The molecule has 0 aromatic carbocycles. The molecule has 0 saturated heterocycles. The molecule has 0 aliphatic carbocycles. The average Bonchev–Trinajstić information content (AvgIpc) is 1.65. The Morgan fingerprint density at radius 2 is 2.25 bits per heavy atom. The third kappa shape index (κ3) is 4.52. The van der Waals surface area contributed by atoms with Crippen molar-refractivity contribution < 1.29 is 28.5 Å². The number of carboxylic acid groups (broad SMARTS) is 1. The molecule has 3 nitrogen and oxygen atoms in total. The first-order chi connectivity index (χ1) is 3.18. The summed E-state index contributed by atoms with van der Waals surface area (Å²) >= 11 is 3.65. The van der Waals surface area contributed by atoms with Gasteiger partial charge in [-0.1, -0.05) is 0 Å². The molecule has 1 radical (unpaired) electrons. The molecule has 0 rings (SSSR count). The van der Waals surface area contributed by atoms with Crippen molar-refractivity contribution in [3.05, 3.63) is 0 Å². The summed E-state index contributed by atoms with van der Waals surface area (Å²) in [5.41, 5.74) is 4.94. The Kier molecular flexibility index (Phi) is 7.70. The molecule has 0 amide bonds. The zero-order chi connectivity index (χ0) is 5.86. The fraction of sp³-hybridized carbons (Fsp3) is 0.667. The summed E-state index contributed by atoms with van der Waals surface area (Å²) in [5, 5.41) is 8.01. The molecule has 5 heteroatoms. The number of hydrogen-bond donors (Lipinski definition) is 3. The monoisotopic (exact) mass is 172 g/mol. The first-order valence-corrected chi connectivity index (χ1v) is 2.41. The minimum atomic E-state index is -1.00. The van der Waals surface area contributed by atoms with Crippen LogP contribution in [-0.2, 0) is 23.4 Å². The molecule has 0 aromatic heterocycles. The molecular weight excluding hydrogens is 165 g/mol. The molecule has 0 aliphatic heterocycles. The van der Waals surface area contributed by atoms with Gasteiger partial charge in [0.2, 0.25) is 0 Å². The second-order valence-electron chi connectivity index (χ2n) is 1.13. The van der Waals surface area contributed by atoms with E-state index in [1.54, 1.807) is 0 Å². The molecule has 0 saturated carbocycles. The molecule has 0 aromatic rings. The molecule has 0 fully saturated rings. The number of carbonyl (C=O) groups is 1. The van der Waals surface area contributed by atoms with E-state index in [0.717, 1.165) is 0 Å². The Hall–Kier alpha value is 0.364. The molecule has 0 bridgehead atoms. The minimum Gasteiger partial charge on any atom is -0.480 e. The van der Waals surface area contributed by atoms with Crippen LogP contribution in [0.2, 0.25) is 0 Å². The summed E-state index contributed by atoms with van der Waals surface area (Å²) in [7, 11) is 0. The number of hydrogen-bond acceptors (Lipinski definition) is 3. The van der Waals surface area contributed by atoms with Gasteiger partial charge in [0.25, 0.3) is 0 Å². The smallest absolute Gasteiger partial charge is 0.321 e. The normalized spacial score (nSPS) is 11.8. The maximum Gasteiger partial charge on any atom is 0.321 e. The van der Waals surface area contributed by atoms with Crippen LogP contribution in [0.3, 0.4) is 0 Å². The van der Waals surface area contributed by atoms with E-state index in [1.807, 2.05) is 0 Å². The van der Waals surface area contributed by atoms with Crippen molar-refractivity contribution in [2.24, 2.45) is 5.73 Å². The summed E-state index contributed by atoms with van der Waals surface area (Å²) < 4.78 is 0. The van der Waals surface area contributed by atoms with Crippen LogP contribution in [0, 0.1) is 0 Å². The van der Waals surface area contributed by atoms with Gasteiger partial charge in [-0.25, -0.2) is 0 Å². The molecule has 1 atom stereocenters. The van der Waals surface area contributed by atoms with Gasteiger partial charge in [0, 0.05) is 24.3 Å². The van der Waals surface area contributed by atoms with Crippen LogP contribution in [0.15, 0.2) is 0 Å². The van der Waals surface area contributed by atoms with E-state index in [9.17, 15) is 4.79 Å². The molecule has 3 N–H and O–H groups in total. The fourth-order valence-corrected chi connectivity index (χ4v) is 0.234. The van der Waals surface area contributed by atoms with Crippen molar-refractivity contribution in [2.45, 2.75) is 6.04 Å². The number of nitrogens with two attached hydrogens (primary N) is 1. The zero-order valence-corrected chi connectivity index (χ0v) is 6.40. The van der Waals surface area contributed by atoms with E-state index in [1.165, 1.54) is 0 Å². The van der Waals surface area contributed by atoms with Gasteiger partial charge in [-0.05, 0) is 0 Å². The quantitative estimate of drug-likeness (QED) is 0.484. The second-order valence-corrected chi connectivity index (χ2v) is 1.49. The largest absolute Gasteiger partial charge is 0.480 e. The molecule has 47 valence electrons. The number of carboxylic acids is 1. The van der Waals surface area contributed by atoms with Crippen LogP contribution in [0.4, 0.5) is 0 Å². The number of thiol groups is 1. The van der Waals surface area contributed by atoms with Gasteiger partial charge < -0.3 is 10.8 Å². The van der Waals surface area contributed by atoms with E-state index in [0.29, 0.717) is 0 Å². The first-order valence-electron chi connectivity index (χ1n) is 1.77. The van der Waals surface area contributed by atoms with Crippen molar-refractivity contribution in [1.29, 1.82) is 0 Å². The summed E-state index contributed by atoms with van der Waals surface area (Å²) in [6.07, 6.45) is 0. The molecule has 8 heavy (non-hydrogen) atoms. The zero-order valence-electron chi connectivity index (χ0n) is 4.11. The van der Waals surface area contributed by atoms with Crippen LogP contribution in [-0.4, -0.2) is 22.9 Å². The predicted octanol–water partition coefficient (Wildman–Crippen LogP) is -0.674. The minimum absolute atomic E-state index is 0. The maximum absolute atomic E-state index is 9.76. The van der Waals surface area contributed by atoms with Crippen molar-refractivity contribution in [3.63, 3.8) is 0 Å². The standard InChI is InChI=1S/C3H7NO2S.V/c4-2(1-7)3(5)6;/h2,7H,1,4H2,(H,5,6);/t2-;/m0./s1. The second kappa shape index (κ2) is 5.50. The fourth-order valence-electron chi connectivity index (χ4n) is 0.0781. The van der Waals surface area contributed by atoms with E-state index >= 15 is 0 Å². The molecule has 0 unspecified atom stereocenters. The molecule has 0 aliphatic rings. The number of rotatable bonds is 2. The van der Waals surface area contributed by atoms with Crippen LogP contribution >= 0.6 is 12.6 Å². The van der Waals surface area contributed by atoms with Gasteiger partial charge in [-0.15, -0.1) is 0 Å². The van der Waals surface area contributed by atoms with Gasteiger partial charge in [-0.2, -0.15) is 12.6 Å². The van der Waals surface area contributed by atoms with Gasteiger partial charge in [-0.3, -0.25) is 4.79 Å². The summed E-state index contributed by atoms with van der Waals surface area (Å²) in [5.74, 6) is -0.815. The van der Waals surface area contributed by atoms with Crippen LogP contribution < -0.4 is 5.73 Å². The summed E-state index contributed by atoms with van der Waals surface area (Å²) in [6.45, 7) is 0. The van der Waals surface area contributed by atoms with Crippen molar-refractivity contribution >= 4 is 18.6 Å². The number of aliphatic carboxylic acids is 1. The van der Waals surface area contributed by atoms with Crippen LogP contribution in [0.1, 0.15) is 0 Å². The van der Waals surface area contributed by atoms with Crippen molar-refractivity contribution in [2.75, 3.05) is 5.75 Å². The summed E-state index contributed by atoms with van der Waals surface area (Å²) in [4.78, 5) is 9.76. The van der Waals surface area contributed by atoms with Crippen molar-refractivity contribution in [1.82, 2.24) is 0 Å². The topological polar surface area (TPSA) is 63.3 Å². The Labute approximate surface area is 64.9 Å². The average molecular weight is 172 g/mol. The van der Waals surface area contributed by atoms with Crippen LogP contribution in [0.25, 0.3) is 0 Å². The molecular formula is C3H7NO2SV. The van der Waals surface area contributed by atoms with Crippen LogP contribution in [0.5, 0.6) is 0 Å². The van der Waals surface area contributed by atoms with Gasteiger partial charge in [0.05, 0.1) is 0 Å². The third-order valence-corrected chi connectivity index (χ3v) is 0.907. The first kappa shape index (κ1) is 11.2. The Morgan fingerprint density at radius 1 is 1.88 bits per heavy atom. The predicted molar refractivity (Wildman–Crippen MR) is 29.5 cm³/mol. The van der Waals surface area contributed by atoms with Gasteiger partial charge >= 0.3 is 5.97 Å². The third-order valence-electron chi connectivity index (χ3n) is 0.514. The van der Waals surface area contributed by atoms with E-state index < -0.39 is 12.0 Å². The molecule has 0 spiro atoms. The van der Waals surface area contributed by atoms with Gasteiger partial charge in [0.1, 0.15) is 6.04 Å². The Balaban J connectivity index is 0. The van der Waals surface area contributed by atoms with E-state index in [2.05, 4.69) is 12.6 Å². The SMILES string of the molecule is N[C@@H](CS)C(=O)O.[V]. The van der Waals surface area contributed by atoms with Crippen molar-refractivity contribution in [3.8, 4) is 0 Å². The van der Waals surface area contributed by atoms with Gasteiger partial charge in [0.15, 0.2) is 0 Å². The molecule has 0 heterocycles. The maximum atomic E-state index is 9.76. The Bertz CT molecular complexity index is 79.7.